The Bertz CT molecular complexity index is 814. The predicted octanol–water partition coefficient (Wildman–Crippen LogP) is 3.31. The number of carbonyl (C=O) groups is 1. The van der Waals surface area contributed by atoms with E-state index in [-0.39, 0.29) is 12.1 Å². The molecule has 2 N–H and O–H groups in total. The monoisotopic (exact) mass is 280 g/mol. The first kappa shape index (κ1) is 13.3. The lowest BCUT2D eigenvalue weighted by atomic mass is 10.1. The summed E-state index contributed by atoms with van der Waals surface area (Å²) in [5, 5.41) is 7.53. The molecule has 0 saturated carbocycles. The molecule has 0 aliphatic heterocycles. The van der Waals surface area contributed by atoms with Crippen molar-refractivity contribution in [2.45, 2.75) is 19.9 Å². The van der Waals surface area contributed by atoms with Crippen LogP contribution >= 0.6 is 0 Å². The van der Waals surface area contributed by atoms with Crippen LogP contribution in [-0.2, 0) is 0 Å². The molecule has 2 amide bonds. The van der Waals surface area contributed by atoms with Crippen molar-refractivity contribution in [2.75, 3.05) is 5.32 Å². The largest absolute Gasteiger partial charge is 0.336 e. The summed E-state index contributed by atoms with van der Waals surface area (Å²) in [7, 11) is 0. The minimum atomic E-state index is -0.224. The topological polar surface area (TPSA) is 66.9 Å². The summed E-state index contributed by atoms with van der Waals surface area (Å²) in [5.41, 5.74) is 2.36. The molecule has 3 aromatic rings. The van der Waals surface area contributed by atoms with Crippen LogP contribution in [0.3, 0.4) is 0 Å². The number of amides is 2. The Labute approximate surface area is 122 Å². The Morgan fingerprint density at radius 2 is 1.81 bits per heavy atom. The molecule has 1 aromatic carbocycles. The second kappa shape index (κ2) is 5.36. The van der Waals surface area contributed by atoms with Crippen molar-refractivity contribution >= 4 is 33.5 Å². The maximum absolute atomic E-state index is 11.9. The van der Waals surface area contributed by atoms with Crippen LogP contribution in [0.4, 0.5) is 10.5 Å². The highest BCUT2D eigenvalue weighted by atomic mass is 16.2. The number of nitrogens with one attached hydrogen (secondary N) is 2. The first-order valence-electron chi connectivity index (χ1n) is 6.85. The van der Waals surface area contributed by atoms with Gasteiger partial charge < -0.3 is 10.6 Å². The van der Waals surface area contributed by atoms with Gasteiger partial charge in [-0.15, -0.1) is 0 Å². The third-order valence-corrected chi connectivity index (χ3v) is 3.13. The molecular formula is C16H16N4O. The molecule has 0 atom stereocenters. The molecule has 21 heavy (non-hydrogen) atoms. The second-order valence-electron chi connectivity index (χ2n) is 5.15. The highest BCUT2D eigenvalue weighted by Gasteiger charge is 2.11. The van der Waals surface area contributed by atoms with Gasteiger partial charge in [-0.05, 0) is 38.1 Å². The number of rotatable bonds is 2. The lowest BCUT2D eigenvalue weighted by molar-refractivity contribution is 0.250. The third-order valence-electron chi connectivity index (χ3n) is 3.13. The Morgan fingerprint density at radius 3 is 2.57 bits per heavy atom. The van der Waals surface area contributed by atoms with E-state index >= 15 is 0 Å². The van der Waals surface area contributed by atoms with Gasteiger partial charge in [0.15, 0.2) is 0 Å². The minimum Gasteiger partial charge on any atom is -0.336 e. The summed E-state index contributed by atoms with van der Waals surface area (Å²) in [6, 6.07) is 9.39. The van der Waals surface area contributed by atoms with Gasteiger partial charge in [-0.25, -0.2) is 4.79 Å². The van der Waals surface area contributed by atoms with E-state index in [1.54, 1.807) is 12.4 Å². The first-order chi connectivity index (χ1) is 10.1. The van der Waals surface area contributed by atoms with E-state index in [0.29, 0.717) is 0 Å². The Morgan fingerprint density at radius 1 is 1.10 bits per heavy atom. The van der Waals surface area contributed by atoms with Gasteiger partial charge in [-0.1, -0.05) is 6.07 Å². The Hall–Kier alpha value is -2.69. The van der Waals surface area contributed by atoms with Crippen molar-refractivity contribution in [3.05, 3.63) is 42.7 Å². The van der Waals surface area contributed by atoms with Gasteiger partial charge in [-0.2, -0.15) is 0 Å². The van der Waals surface area contributed by atoms with Crippen molar-refractivity contribution in [3.63, 3.8) is 0 Å². The van der Waals surface area contributed by atoms with E-state index in [1.807, 2.05) is 44.2 Å². The number of fused-ring (bicyclic) bond motifs is 3. The van der Waals surface area contributed by atoms with Crippen LogP contribution in [0.25, 0.3) is 21.8 Å². The fourth-order valence-corrected chi connectivity index (χ4v) is 2.30. The van der Waals surface area contributed by atoms with Crippen LogP contribution < -0.4 is 10.6 Å². The fraction of sp³-hybridized carbons (Fsp3) is 0.188. The van der Waals surface area contributed by atoms with E-state index < -0.39 is 0 Å². The number of hydrogen-bond acceptors (Lipinski definition) is 3. The summed E-state index contributed by atoms with van der Waals surface area (Å²) in [5.74, 6) is 0. The summed E-state index contributed by atoms with van der Waals surface area (Å²) in [6.45, 7) is 3.84. The molecule has 0 aliphatic rings. The molecule has 0 unspecified atom stereocenters. The van der Waals surface area contributed by atoms with Crippen LogP contribution in [0.1, 0.15) is 13.8 Å². The molecule has 0 saturated heterocycles. The third kappa shape index (κ3) is 2.63. The van der Waals surface area contributed by atoms with E-state index in [1.165, 1.54) is 0 Å². The Balaban J connectivity index is 2.14. The minimum absolute atomic E-state index is 0.0801. The molecule has 0 fully saturated rings. The number of urea groups is 1. The average molecular weight is 280 g/mol. The molecule has 2 aromatic heterocycles. The normalized spacial score (nSPS) is 11.0. The van der Waals surface area contributed by atoms with Gasteiger partial charge in [-0.3, -0.25) is 9.97 Å². The lowest BCUT2D eigenvalue weighted by Crippen LogP contribution is -2.34. The molecule has 2 heterocycles. The standard InChI is InChI=1S/C16H16N4O/c1-10(2)19-16(21)20-13-9-11-5-3-7-17-14(11)15-12(13)6-4-8-18-15/h3-10H,1-2H3,(H2,19,20,21). The molecule has 0 spiro atoms. The first-order valence-corrected chi connectivity index (χ1v) is 6.85. The van der Waals surface area contributed by atoms with Crippen molar-refractivity contribution < 1.29 is 4.79 Å². The smallest absolute Gasteiger partial charge is 0.319 e. The van der Waals surface area contributed by atoms with Crippen LogP contribution in [0, 0.1) is 0 Å². The highest BCUT2D eigenvalue weighted by Crippen LogP contribution is 2.29. The highest BCUT2D eigenvalue weighted by molar-refractivity contribution is 6.11. The van der Waals surface area contributed by atoms with Gasteiger partial charge in [0.1, 0.15) is 0 Å². The molecule has 0 radical (unpaired) electrons. The van der Waals surface area contributed by atoms with Crippen molar-refractivity contribution in [3.8, 4) is 0 Å². The van der Waals surface area contributed by atoms with E-state index in [2.05, 4.69) is 20.6 Å². The zero-order chi connectivity index (χ0) is 14.8. The number of hydrogen-bond donors (Lipinski definition) is 2. The summed E-state index contributed by atoms with van der Waals surface area (Å²) in [6.07, 6.45) is 3.48. The van der Waals surface area contributed by atoms with Crippen LogP contribution in [0.5, 0.6) is 0 Å². The van der Waals surface area contributed by atoms with Gasteiger partial charge in [0.05, 0.1) is 16.7 Å². The molecule has 5 heteroatoms. The lowest BCUT2D eigenvalue weighted by Gasteiger charge is -2.13. The number of pyridine rings is 2. The number of nitrogens with zero attached hydrogens (tertiary/aromatic N) is 2. The Kier molecular flexibility index (Phi) is 3.39. The molecule has 106 valence electrons. The maximum atomic E-state index is 11.9. The summed E-state index contributed by atoms with van der Waals surface area (Å²) in [4.78, 5) is 20.7. The maximum Gasteiger partial charge on any atom is 0.319 e. The van der Waals surface area contributed by atoms with Crippen LogP contribution in [-0.4, -0.2) is 22.0 Å². The number of aromatic nitrogens is 2. The van der Waals surface area contributed by atoms with Gasteiger partial charge in [0.25, 0.3) is 0 Å². The van der Waals surface area contributed by atoms with E-state index in [9.17, 15) is 4.79 Å². The van der Waals surface area contributed by atoms with E-state index in [0.717, 1.165) is 27.5 Å². The van der Waals surface area contributed by atoms with Gasteiger partial charge >= 0.3 is 6.03 Å². The van der Waals surface area contributed by atoms with Crippen molar-refractivity contribution in [1.82, 2.24) is 15.3 Å². The summed E-state index contributed by atoms with van der Waals surface area (Å²) >= 11 is 0. The van der Waals surface area contributed by atoms with Crippen molar-refractivity contribution in [2.24, 2.45) is 0 Å². The van der Waals surface area contributed by atoms with Crippen LogP contribution in [0.15, 0.2) is 42.7 Å². The zero-order valence-electron chi connectivity index (χ0n) is 11.9. The average Bonchev–Trinajstić information content (AvgIpc) is 2.46. The second-order valence-corrected chi connectivity index (χ2v) is 5.15. The quantitative estimate of drug-likeness (QED) is 0.708. The predicted molar refractivity (Wildman–Crippen MR) is 84.3 cm³/mol. The fourth-order valence-electron chi connectivity index (χ4n) is 2.30. The molecule has 3 rings (SSSR count). The van der Waals surface area contributed by atoms with Gasteiger partial charge in [0.2, 0.25) is 0 Å². The molecular weight excluding hydrogens is 264 g/mol. The van der Waals surface area contributed by atoms with Crippen LogP contribution in [0.2, 0.25) is 0 Å². The SMILES string of the molecule is CC(C)NC(=O)Nc1cc2cccnc2c2ncccc12. The molecule has 0 bridgehead atoms. The number of anilines is 1. The van der Waals surface area contributed by atoms with Gasteiger partial charge in [0, 0.05) is 29.2 Å². The van der Waals surface area contributed by atoms with E-state index in [4.69, 9.17) is 0 Å². The zero-order valence-corrected chi connectivity index (χ0v) is 11.9. The summed E-state index contributed by atoms with van der Waals surface area (Å²) < 4.78 is 0. The molecule has 0 aliphatic carbocycles. The number of carbonyl (C=O) groups excluding carboxylic acids is 1. The molecule has 5 nitrogen and oxygen atoms in total. The number of benzene rings is 1. The van der Waals surface area contributed by atoms with Crippen molar-refractivity contribution in [1.29, 1.82) is 0 Å².